The Hall–Kier alpha value is -0.820. The van der Waals surface area contributed by atoms with Gasteiger partial charge in [0, 0.05) is 15.1 Å². The Bertz CT molecular complexity index is 557. The molecule has 0 saturated heterocycles. The van der Waals surface area contributed by atoms with Gasteiger partial charge in [0.25, 0.3) is 5.91 Å². The summed E-state index contributed by atoms with van der Waals surface area (Å²) in [6.07, 6.45) is 0. The lowest BCUT2D eigenvalue weighted by molar-refractivity contribution is 0.0957. The lowest BCUT2D eigenvalue weighted by Crippen LogP contribution is -2.29. The number of nitrogens with two attached hydrogens (primary N) is 1. The molecule has 0 unspecified atom stereocenters. The maximum atomic E-state index is 11.5. The van der Waals surface area contributed by atoms with Crippen LogP contribution in [0.5, 0.6) is 0 Å². The highest BCUT2D eigenvalue weighted by molar-refractivity contribution is 9.10. The average molecular weight is 343 g/mol. The Balaban J connectivity index is 2.07. The number of thioether (sulfide) groups is 1. The topological polar surface area (TPSA) is 55.1 Å². The molecule has 0 bridgehead atoms. The summed E-state index contributed by atoms with van der Waals surface area (Å²) in [4.78, 5) is 13.4. The van der Waals surface area contributed by atoms with E-state index in [2.05, 4.69) is 27.4 Å². The Morgan fingerprint density at radius 1 is 1.44 bits per heavy atom. The van der Waals surface area contributed by atoms with Gasteiger partial charge in [-0.15, -0.1) is 23.1 Å². The third kappa shape index (κ3) is 3.35. The molecule has 1 heterocycles. The molecule has 0 atom stereocenters. The highest BCUT2D eigenvalue weighted by atomic mass is 79.9. The summed E-state index contributed by atoms with van der Waals surface area (Å²) in [7, 11) is 0. The van der Waals surface area contributed by atoms with Gasteiger partial charge in [0.05, 0.1) is 4.88 Å². The summed E-state index contributed by atoms with van der Waals surface area (Å²) in [5.41, 5.74) is 3.18. The van der Waals surface area contributed by atoms with Crippen LogP contribution in [0.15, 0.2) is 45.1 Å². The second-order valence-electron chi connectivity index (χ2n) is 3.49. The molecule has 2 rings (SSSR count). The molecule has 0 spiro atoms. The molecule has 0 aliphatic heterocycles. The molecule has 0 aliphatic carbocycles. The number of hydrazine groups is 1. The second kappa shape index (κ2) is 6.38. The van der Waals surface area contributed by atoms with Crippen LogP contribution < -0.4 is 11.3 Å². The normalized spacial score (nSPS) is 10.3. The van der Waals surface area contributed by atoms with Crippen molar-refractivity contribution in [1.82, 2.24) is 5.43 Å². The Kier molecular flexibility index (Phi) is 4.82. The van der Waals surface area contributed by atoms with E-state index in [4.69, 9.17) is 5.84 Å². The molecule has 0 aliphatic rings. The number of thiophene rings is 1. The summed E-state index contributed by atoms with van der Waals surface area (Å²) in [5.74, 6) is 5.68. The van der Waals surface area contributed by atoms with Crippen LogP contribution in [0.1, 0.15) is 15.2 Å². The Labute approximate surface area is 122 Å². The van der Waals surface area contributed by atoms with Crippen molar-refractivity contribution in [1.29, 1.82) is 0 Å². The van der Waals surface area contributed by atoms with Gasteiger partial charge in [-0.2, -0.15) is 0 Å². The van der Waals surface area contributed by atoms with Gasteiger partial charge in [-0.1, -0.05) is 22.0 Å². The summed E-state index contributed by atoms with van der Waals surface area (Å²) in [6, 6.07) is 10.0. The fourth-order valence-corrected chi connectivity index (χ4v) is 3.85. The lowest BCUT2D eigenvalue weighted by atomic mass is 10.3. The minimum atomic E-state index is -0.227. The number of nitrogens with one attached hydrogen (secondary N) is 1. The first-order valence-corrected chi connectivity index (χ1v) is 7.82. The van der Waals surface area contributed by atoms with Gasteiger partial charge >= 0.3 is 0 Å². The van der Waals surface area contributed by atoms with Crippen LogP contribution in [0.25, 0.3) is 0 Å². The predicted octanol–water partition coefficient (Wildman–Crippen LogP) is 3.41. The third-order valence-electron chi connectivity index (χ3n) is 2.27. The molecule has 3 N–H and O–H groups in total. The van der Waals surface area contributed by atoms with Gasteiger partial charge in [-0.25, -0.2) is 5.84 Å². The monoisotopic (exact) mass is 342 g/mol. The van der Waals surface area contributed by atoms with Crippen LogP contribution in [-0.4, -0.2) is 5.91 Å². The molecule has 0 fully saturated rings. The van der Waals surface area contributed by atoms with Crippen LogP contribution in [0.2, 0.25) is 0 Å². The SMILES string of the molecule is NNC(=O)c1sccc1CSc1cccc(Br)c1. The van der Waals surface area contributed by atoms with Gasteiger partial charge in [-0.3, -0.25) is 10.2 Å². The molecule has 2 aromatic rings. The number of carbonyl (C=O) groups excluding carboxylic acids is 1. The smallest absolute Gasteiger partial charge is 0.275 e. The van der Waals surface area contributed by atoms with E-state index >= 15 is 0 Å². The first-order chi connectivity index (χ1) is 8.70. The highest BCUT2D eigenvalue weighted by Gasteiger charge is 2.11. The van der Waals surface area contributed by atoms with Gasteiger partial charge in [0.1, 0.15) is 0 Å². The van der Waals surface area contributed by atoms with Gasteiger partial charge in [0.2, 0.25) is 0 Å². The zero-order valence-corrected chi connectivity index (χ0v) is 12.6. The maximum absolute atomic E-state index is 11.5. The van der Waals surface area contributed by atoms with Crippen molar-refractivity contribution in [3.8, 4) is 0 Å². The molecule has 94 valence electrons. The molecule has 1 aromatic carbocycles. The fraction of sp³-hybridized carbons (Fsp3) is 0.0833. The summed E-state index contributed by atoms with van der Waals surface area (Å²) in [6.45, 7) is 0. The first-order valence-electron chi connectivity index (χ1n) is 5.16. The van der Waals surface area contributed by atoms with Crippen molar-refractivity contribution >= 4 is 44.9 Å². The van der Waals surface area contributed by atoms with E-state index in [0.717, 1.165) is 20.7 Å². The van der Waals surface area contributed by atoms with E-state index < -0.39 is 0 Å². The van der Waals surface area contributed by atoms with Gasteiger partial charge in [0.15, 0.2) is 0 Å². The van der Waals surface area contributed by atoms with E-state index in [9.17, 15) is 4.79 Å². The van der Waals surface area contributed by atoms with E-state index in [-0.39, 0.29) is 5.91 Å². The first kappa shape index (κ1) is 13.6. The van der Waals surface area contributed by atoms with E-state index in [0.29, 0.717) is 4.88 Å². The number of hydrogen-bond acceptors (Lipinski definition) is 4. The average Bonchev–Trinajstić information content (AvgIpc) is 2.84. The van der Waals surface area contributed by atoms with Crippen molar-refractivity contribution in [2.45, 2.75) is 10.6 Å². The van der Waals surface area contributed by atoms with Crippen molar-refractivity contribution in [2.24, 2.45) is 5.84 Å². The van der Waals surface area contributed by atoms with Crippen LogP contribution in [0, 0.1) is 0 Å². The summed E-state index contributed by atoms with van der Waals surface area (Å²) < 4.78 is 1.05. The quantitative estimate of drug-likeness (QED) is 0.387. The number of nitrogen functional groups attached to an aromatic ring is 1. The molecule has 18 heavy (non-hydrogen) atoms. The van der Waals surface area contributed by atoms with Crippen molar-refractivity contribution < 1.29 is 4.79 Å². The summed E-state index contributed by atoms with van der Waals surface area (Å²) in [5, 5.41) is 1.90. The molecule has 1 aromatic heterocycles. The minimum Gasteiger partial charge on any atom is -0.289 e. The maximum Gasteiger partial charge on any atom is 0.275 e. The number of halogens is 1. The Morgan fingerprint density at radius 3 is 3.00 bits per heavy atom. The van der Waals surface area contributed by atoms with Crippen molar-refractivity contribution in [2.75, 3.05) is 0 Å². The van der Waals surface area contributed by atoms with Crippen molar-refractivity contribution in [3.05, 3.63) is 50.6 Å². The highest BCUT2D eigenvalue weighted by Crippen LogP contribution is 2.28. The number of carbonyl (C=O) groups is 1. The Morgan fingerprint density at radius 2 is 2.28 bits per heavy atom. The molecular formula is C12H11BrN2OS2. The molecule has 0 radical (unpaired) electrons. The fourth-order valence-electron chi connectivity index (χ4n) is 1.43. The van der Waals surface area contributed by atoms with Crippen LogP contribution in [-0.2, 0) is 5.75 Å². The van der Waals surface area contributed by atoms with Gasteiger partial charge < -0.3 is 0 Å². The molecule has 1 amide bonds. The van der Waals surface area contributed by atoms with Crippen molar-refractivity contribution in [3.63, 3.8) is 0 Å². The van der Waals surface area contributed by atoms with E-state index in [1.807, 2.05) is 29.6 Å². The predicted molar refractivity (Wildman–Crippen MR) is 79.7 cm³/mol. The van der Waals surface area contributed by atoms with Crippen LogP contribution >= 0.6 is 39.0 Å². The third-order valence-corrected chi connectivity index (χ3v) is 4.77. The second-order valence-corrected chi connectivity index (χ2v) is 6.38. The zero-order valence-electron chi connectivity index (χ0n) is 9.35. The lowest BCUT2D eigenvalue weighted by Gasteiger charge is -2.03. The van der Waals surface area contributed by atoms with E-state index in [1.165, 1.54) is 11.3 Å². The number of hydrogen-bond donors (Lipinski definition) is 2. The number of benzene rings is 1. The zero-order chi connectivity index (χ0) is 13.0. The molecule has 0 saturated carbocycles. The standard InChI is InChI=1S/C12H11BrN2OS2/c13-9-2-1-3-10(6-9)18-7-8-4-5-17-11(8)12(16)15-14/h1-6H,7,14H2,(H,15,16). The number of amides is 1. The minimum absolute atomic E-state index is 0.227. The van der Waals surface area contributed by atoms with Gasteiger partial charge in [-0.05, 0) is 35.2 Å². The van der Waals surface area contributed by atoms with E-state index in [1.54, 1.807) is 11.8 Å². The van der Waals surface area contributed by atoms with Crippen LogP contribution in [0.4, 0.5) is 0 Å². The summed E-state index contributed by atoms with van der Waals surface area (Å²) >= 11 is 6.53. The molecule has 6 heteroatoms. The molecular weight excluding hydrogens is 332 g/mol. The molecule has 3 nitrogen and oxygen atoms in total. The van der Waals surface area contributed by atoms with Crippen LogP contribution in [0.3, 0.4) is 0 Å². The number of rotatable bonds is 4. The largest absolute Gasteiger partial charge is 0.289 e.